The second kappa shape index (κ2) is 7.01. The highest BCUT2D eigenvalue weighted by Crippen LogP contribution is 2.24. The van der Waals surface area contributed by atoms with E-state index in [9.17, 15) is 4.79 Å². The van der Waals surface area contributed by atoms with Gasteiger partial charge in [-0.3, -0.25) is 4.79 Å². The van der Waals surface area contributed by atoms with Crippen LogP contribution in [0.4, 0.5) is 0 Å². The largest absolute Gasteiger partial charge is 0.497 e. The van der Waals surface area contributed by atoms with Crippen LogP contribution in [0, 0.1) is 0 Å². The van der Waals surface area contributed by atoms with Crippen molar-refractivity contribution in [1.82, 2.24) is 0 Å². The Kier molecular flexibility index (Phi) is 5.65. The molecule has 18 heavy (non-hydrogen) atoms. The average molecular weight is 251 g/mol. The van der Waals surface area contributed by atoms with Gasteiger partial charge in [-0.25, -0.2) is 0 Å². The van der Waals surface area contributed by atoms with Crippen molar-refractivity contribution in [3.8, 4) is 5.75 Å². The van der Waals surface area contributed by atoms with Gasteiger partial charge in [-0.2, -0.15) is 0 Å². The van der Waals surface area contributed by atoms with Crippen molar-refractivity contribution in [1.29, 1.82) is 0 Å². The molecule has 0 fully saturated rings. The van der Waals surface area contributed by atoms with Crippen LogP contribution in [-0.2, 0) is 9.53 Å². The Bertz CT molecular complexity index is 392. The number of hydrogen-bond acceptors (Lipinski definition) is 4. The molecule has 0 heterocycles. The first-order valence-electron chi connectivity index (χ1n) is 6.03. The predicted molar refractivity (Wildman–Crippen MR) is 70.6 cm³/mol. The number of esters is 1. The minimum atomic E-state index is -0.264. The van der Waals surface area contributed by atoms with E-state index in [2.05, 4.69) is 11.7 Å². The third-order valence-corrected chi connectivity index (χ3v) is 2.98. The Morgan fingerprint density at radius 2 is 2.11 bits per heavy atom. The molecular weight excluding hydrogens is 230 g/mol. The number of carbonyl (C=O) groups excluding carboxylic acids is 1. The molecule has 2 atom stereocenters. The highest BCUT2D eigenvalue weighted by molar-refractivity contribution is 5.69. The van der Waals surface area contributed by atoms with Crippen LogP contribution < -0.4 is 10.5 Å². The van der Waals surface area contributed by atoms with Crippen molar-refractivity contribution in [2.75, 3.05) is 14.2 Å². The zero-order chi connectivity index (χ0) is 13.5. The molecule has 0 amide bonds. The van der Waals surface area contributed by atoms with Crippen LogP contribution in [0.2, 0.25) is 0 Å². The van der Waals surface area contributed by atoms with Crippen LogP contribution in [0.5, 0.6) is 5.75 Å². The van der Waals surface area contributed by atoms with E-state index in [-0.39, 0.29) is 24.3 Å². The maximum Gasteiger partial charge on any atom is 0.307 e. The summed E-state index contributed by atoms with van der Waals surface area (Å²) in [4.78, 5) is 11.1. The molecule has 0 saturated carbocycles. The highest BCUT2D eigenvalue weighted by Gasteiger charge is 2.15. The molecule has 4 heteroatoms. The lowest BCUT2D eigenvalue weighted by molar-refractivity contribution is -0.141. The van der Waals surface area contributed by atoms with E-state index in [1.54, 1.807) is 7.11 Å². The number of nitrogens with two attached hydrogens (primary N) is 1. The summed E-state index contributed by atoms with van der Waals surface area (Å²) in [5.74, 6) is 0.848. The summed E-state index contributed by atoms with van der Waals surface area (Å²) in [6, 6.07) is 7.72. The fourth-order valence-corrected chi connectivity index (χ4v) is 1.92. The third kappa shape index (κ3) is 4.37. The summed E-state index contributed by atoms with van der Waals surface area (Å²) >= 11 is 0. The van der Waals surface area contributed by atoms with Gasteiger partial charge in [0.05, 0.1) is 20.6 Å². The van der Waals surface area contributed by atoms with Crippen molar-refractivity contribution in [2.24, 2.45) is 5.73 Å². The molecule has 1 aromatic rings. The molecule has 0 spiro atoms. The van der Waals surface area contributed by atoms with Crippen LogP contribution in [0.3, 0.4) is 0 Å². The molecule has 0 saturated heterocycles. The SMILES string of the molecule is COC(=O)CC(N)CC(C)c1cccc(OC)c1. The first-order chi connectivity index (χ1) is 8.56. The fraction of sp³-hybridized carbons (Fsp3) is 0.500. The molecule has 4 nitrogen and oxygen atoms in total. The smallest absolute Gasteiger partial charge is 0.307 e. The van der Waals surface area contributed by atoms with Crippen LogP contribution in [0.25, 0.3) is 0 Å². The van der Waals surface area contributed by atoms with Gasteiger partial charge in [0.1, 0.15) is 5.75 Å². The molecule has 0 radical (unpaired) electrons. The molecule has 0 aromatic heterocycles. The monoisotopic (exact) mass is 251 g/mol. The number of hydrogen-bond donors (Lipinski definition) is 1. The van der Waals surface area contributed by atoms with Crippen molar-refractivity contribution in [3.05, 3.63) is 29.8 Å². The quantitative estimate of drug-likeness (QED) is 0.786. The van der Waals surface area contributed by atoms with Gasteiger partial charge in [-0.05, 0) is 30.0 Å². The first kappa shape index (κ1) is 14.5. The zero-order valence-corrected chi connectivity index (χ0v) is 11.2. The molecule has 0 aliphatic carbocycles. The Hall–Kier alpha value is -1.55. The van der Waals surface area contributed by atoms with E-state index in [4.69, 9.17) is 10.5 Å². The molecule has 0 aliphatic heterocycles. The summed E-state index contributed by atoms with van der Waals surface area (Å²) in [5.41, 5.74) is 7.09. The predicted octanol–water partition coefficient (Wildman–Crippen LogP) is 2.08. The summed E-state index contributed by atoms with van der Waals surface area (Å²) < 4.78 is 9.79. The third-order valence-electron chi connectivity index (χ3n) is 2.98. The summed E-state index contributed by atoms with van der Waals surface area (Å²) in [6.07, 6.45) is 0.993. The fourth-order valence-electron chi connectivity index (χ4n) is 1.92. The number of benzene rings is 1. The molecular formula is C14H21NO3. The number of rotatable bonds is 6. The van der Waals surface area contributed by atoms with Crippen LogP contribution in [-0.4, -0.2) is 26.2 Å². The summed E-state index contributed by atoms with van der Waals surface area (Å²) in [7, 11) is 3.02. The average Bonchev–Trinajstić information content (AvgIpc) is 2.38. The molecule has 1 aromatic carbocycles. The van der Waals surface area contributed by atoms with Crippen molar-refractivity contribution < 1.29 is 14.3 Å². The van der Waals surface area contributed by atoms with Gasteiger partial charge in [-0.1, -0.05) is 19.1 Å². The lowest BCUT2D eigenvalue weighted by Gasteiger charge is -2.17. The molecule has 1 rings (SSSR count). The lowest BCUT2D eigenvalue weighted by atomic mass is 9.93. The summed E-state index contributed by atoms with van der Waals surface area (Å²) in [5, 5.41) is 0. The minimum Gasteiger partial charge on any atom is -0.497 e. The minimum absolute atomic E-state index is 0.182. The summed E-state index contributed by atoms with van der Waals surface area (Å²) in [6.45, 7) is 2.09. The Balaban J connectivity index is 2.58. The second-order valence-corrected chi connectivity index (χ2v) is 4.45. The Morgan fingerprint density at radius 3 is 2.72 bits per heavy atom. The first-order valence-corrected chi connectivity index (χ1v) is 6.03. The van der Waals surface area contributed by atoms with Gasteiger partial charge in [-0.15, -0.1) is 0 Å². The topological polar surface area (TPSA) is 61.5 Å². The van der Waals surface area contributed by atoms with E-state index in [0.717, 1.165) is 17.7 Å². The number of ether oxygens (including phenoxy) is 2. The van der Waals surface area contributed by atoms with Gasteiger partial charge < -0.3 is 15.2 Å². The van der Waals surface area contributed by atoms with Crippen LogP contribution >= 0.6 is 0 Å². The van der Waals surface area contributed by atoms with Crippen LogP contribution in [0.1, 0.15) is 31.2 Å². The van der Waals surface area contributed by atoms with Crippen LogP contribution in [0.15, 0.2) is 24.3 Å². The van der Waals surface area contributed by atoms with Gasteiger partial charge >= 0.3 is 5.97 Å². The van der Waals surface area contributed by atoms with Gasteiger partial charge in [0.15, 0.2) is 0 Å². The van der Waals surface area contributed by atoms with Gasteiger partial charge in [0.25, 0.3) is 0 Å². The molecule has 2 N–H and O–H groups in total. The Morgan fingerprint density at radius 1 is 1.39 bits per heavy atom. The number of methoxy groups -OCH3 is 2. The van der Waals surface area contributed by atoms with E-state index in [1.807, 2.05) is 24.3 Å². The standard InChI is InChI=1S/C14H21NO3/c1-10(7-12(15)9-14(16)18-3)11-5-4-6-13(8-11)17-2/h4-6,8,10,12H,7,9,15H2,1-3H3. The van der Waals surface area contributed by atoms with Gasteiger partial charge in [0.2, 0.25) is 0 Å². The maximum absolute atomic E-state index is 11.1. The highest BCUT2D eigenvalue weighted by atomic mass is 16.5. The van der Waals surface area contributed by atoms with E-state index < -0.39 is 0 Å². The van der Waals surface area contributed by atoms with Gasteiger partial charge in [0, 0.05) is 6.04 Å². The lowest BCUT2D eigenvalue weighted by Crippen LogP contribution is -2.26. The molecule has 0 bridgehead atoms. The van der Waals surface area contributed by atoms with Crippen molar-refractivity contribution in [3.63, 3.8) is 0 Å². The van der Waals surface area contributed by atoms with Crippen molar-refractivity contribution >= 4 is 5.97 Å². The van der Waals surface area contributed by atoms with E-state index >= 15 is 0 Å². The molecule has 0 aliphatic rings. The maximum atomic E-state index is 11.1. The van der Waals surface area contributed by atoms with Crippen molar-refractivity contribution in [2.45, 2.75) is 31.7 Å². The number of carbonyl (C=O) groups is 1. The normalized spacial score (nSPS) is 13.8. The van der Waals surface area contributed by atoms with E-state index in [0.29, 0.717) is 0 Å². The molecule has 2 unspecified atom stereocenters. The second-order valence-electron chi connectivity index (χ2n) is 4.45. The zero-order valence-electron chi connectivity index (χ0n) is 11.2. The molecule has 100 valence electrons. The van der Waals surface area contributed by atoms with E-state index in [1.165, 1.54) is 7.11 Å². The Labute approximate surface area is 108 Å².